The number of hydrogen-bond donors (Lipinski definition) is 2. The Morgan fingerprint density at radius 1 is 1.10 bits per heavy atom. The molecule has 2 aromatic rings. The summed E-state index contributed by atoms with van der Waals surface area (Å²) in [5, 5.41) is 7.18. The van der Waals surface area contributed by atoms with Gasteiger partial charge in [-0.3, -0.25) is 19.2 Å². The highest BCUT2D eigenvalue weighted by Crippen LogP contribution is 2.17. The van der Waals surface area contributed by atoms with Crippen molar-refractivity contribution >= 4 is 29.1 Å². The lowest BCUT2D eigenvalue weighted by molar-refractivity contribution is -0.139. The Bertz CT molecular complexity index is 930. The molecule has 1 fully saturated rings. The highest BCUT2D eigenvalue weighted by molar-refractivity contribution is 7.09. The molecular weight excluding hydrogens is 392 g/mol. The molecule has 0 spiro atoms. The van der Waals surface area contributed by atoms with Crippen LogP contribution in [0.5, 0.6) is 0 Å². The molecule has 29 heavy (non-hydrogen) atoms. The van der Waals surface area contributed by atoms with Crippen LogP contribution in [0, 0.1) is 5.92 Å². The molecule has 9 heteroatoms. The van der Waals surface area contributed by atoms with Crippen LogP contribution in [0.4, 0.5) is 0 Å². The molecule has 8 nitrogen and oxygen atoms in total. The van der Waals surface area contributed by atoms with Gasteiger partial charge in [0.2, 0.25) is 0 Å². The predicted octanol–water partition coefficient (Wildman–Crippen LogP) is 0.732. The second kappa shape index (κ2) is 9.51. The van der Waals surface area contributed by atoms with Crippen LogP contribution in [0.3, 0.4) is 0 Å². The molecule has 154 valence electrons. The molecule has 3 amide bonds. The van der Waals surface area contributed by atoms with E-state index in [0.29, 0.717) is 39.0 Å². The Kier molecular flexibility index (Phi) is 6.82. The van der Waals surface area contributed by atoms with Gasteiger partial charge in [0.25, 0.3) is 11.5 Å². The molecule has 0 aliphatic carbocycles. The van der Waals surface area contributed by atoms with Gasteiger partial charge in [-0.2, -0.15) is 0 Å². The molecule has 3 rings (SSSR count). The summed E-state index contributed by atoms with van der Waals surface area (Å²) in [5.74, 6) is -1.37. The van der Waals surface area contributed by atoms with Crippen molar-refractivity contribution in [1.82, 2.24) is 20.1 Å². The first-order valence-electron chi connectivity index (χ1n) is 9.49. The van der Waals surface area contributed by atoms with Crippen LogP contribution in [0.1, 0.15) is 28.1 Å². The van der Waals surface area contributed by atoms with Gasteiger partial charge >= 0.3 is 11.8 Å². The highest BCUT2D eigenvalue weighted by Gasteiger charge is 2.26. The lowest BCUT2D eigenvalue weighted by Gasteiger charge is -2.32. The Morgan fingerprint density at radius 3 is 2.52 bits per heavy atom. The van der Waals surface area contributed by atoms with Crippen molar-refractivity contribution in [3.05, 3.63) is 56.6 Å². The third-order valence-corrected chi connectivity index (χ3v) is 5.89. The zero-order valence-electron chi connectivity index (χ0n) is 16.2. The third kappa shape index (κ3) is 5.32. The number of hydrogen-bond acceptors (Lipinski definition) is 5. The average molecular weight is 417 g/mol. The number of thiophene rings is 1. The number of nitrogens with one attached hydrogen (secondary N) is 2. The lowest BCUT2D eigenvalue weighted by atomic mass is 9.96. The lowest BCUT2D eigenvalue weighted by Crippen LogP contribution is -2.45. The number of rotatable bonds is 5. The van der Waals surface area contributed by atoms with E-state index < -0.39 is 11.8 Å². The number of aromatic nitrogens is 1. The van der Waals surface area contributed by atoms with E-state index in [-0.39, 0.29) is 22.9 Å². The standard InChI is InChI=1S/C20H24N4O4S/c1-23-8-2-5-16(19(23)27)20(28)24-9-6-14(7-10-24)12-21-17(25)18(26)22-13-15-4-3-11-29-15/h2-5,8,11,14H,6-7,9-10,12-13H2,1H3,(H,21,25)(H,22,26). The Balaban J connectivity index is 1.42. The van der Waals surface area contributed by atoms with Crippen molar-refractivity contribution in [3.63, 3.8) is 0 Å². The molecule has 1 aliphatic heterocycles. The van der Waals surface area contributed by atoms with E-state index in [4.69, 9.17) is 0 Å². The predicted molar refractivity (Wildman–Crippen MR) is 109 cm³/mol. The number of amides is 3. The van der Waals surface area contributed by atoms with Gasteiger partial charge in [0.05, 0.1) is 6.54 Å². The van der Waals surface area contributed by atoms with Gasteiger partial charge in [0, 0.05) is 37.8 Å². The van der Waals surface area contributed by atoms with Crippen LogP contribution in [-0.2, 0) is 23.2 Å². The molecule has 2 aromatic heterocycles. The Hall–Kier alpha value is -2.94. The van der Waals surface area contributed by atoms with Gasteiger partial charge in [-0.25, -0.2) is 0 Å². The van der Waals surface area contributed by atoms with E-state index in [1.165, 1.54) is 15.9 Å². The fourth-order valence-electron chi connectivity index (χ4n) is 3.25. The van der Waals surface area contributed by atoms with Gasteiger partial charge in [-0.05, 0) is 42.3 Å². The Morgan fingerprint density at radius 2 is 1.83 bits per heavy atom. The van der Waals surface area contributed by atoms with Gasteiger partial charge in [-0.1, -0.05) is 6.07 Å². The molecule has 0 aromatic carbocycles. The van der Waals surface area contributed by atoms with Crippen molar-refractivity contribution < 1.29 is 14.4 Å². The molecule has 0 bridgehead atoms. The third-order valence-electron chi connectivity index (χ3n) is 5.02. The number of pyridine rings is 1. The number of carbonyl (C=O) groups excluding carboxylic acids is 3. The van der Waals surface area contributed by atoms with E-state index >= 15 is 0 Å². The Labute approximate surface area is 172 Å². The normalized spacial score (nSPS) is 14.4. The molecular formula is C20H24N4O4S. The maximum Gasteiger partial charge on any atom is 0.309 e. The summed E-state index contributed by atoms with van der Waals surface area (Å²) in [6.07, 6.45) is 3.02. The molecule has 2 N–H and O–H groups in total. The zero-order chi connectivity index (χ0) is 20.8. The molecule has 1 aliphatic rings. The molecule has 0 unspecified atom stereocenters. The van der Waals surface area contributed by atoms with Crippen molar-refractivity contribution in [2.24, 2.45) is 13.0 Å². The molecule has 0 saturated carbocycles. The summed E-state index contributed by atoms with van der Waals surface area (Å²) in [4.78, 5) is 51.2. The second-order valence-electron chi connectivity index (χ2n) is 7.05. The summed E-state index contributed by atoms with van der Waals surface area (Å²) in [5.41, 5.74) is -0.135. The van der Waals surface area contributed by atoms with Crippen LogP contribution in [-0.4, -0.2) is 46.8 Å². The van der Waals surface area contributed by atoms with Gasteiger partial charge < -0.3 is 20.1 Å². The van der Waals surface area contributed by atoms with Crippen LogP contribution in [0.2, 0.25) is 0 Å². The van der Waals surface area contributed by atoms with E-state index in [9.17, 15) is 19.2 Å². The van der Waals surface area contributed by atoms with Crippen LogP contribution < -0.4 is 16.2 Å². The highest BCUT2D eigenvalue weighted by atomic mass is 32.1. The van der Waals surface area contributed by atoms with Crippen LogP contribution >= 0.6 is 11.3 Å². The SMILES string of the molecule is Cn1cccc(C(=O)N2CCC(CNC(=O)C(=O)NCc3cccs3)CC2)c1=O. The summed E-state index contributed by atoms with van der Waals surface area (Å²) in [7, 11) is 1.62. The van der Waals surface area contributed by atoms with Gasteiger partial charge in [0.1, 0.15) is 5.56 Å². The quantitative estimate of drug-likeness (QED) is 0.702. The number of piperidine rings is 1. The summed E-state index contributed by atoms with van der Waals surface area (Å²) in [6.45, 7) is 1.76. The maximum atomic E-state index is 12.6. The maximum absolute atomic E-state index is 12.6. The second-order valence-corrected chi connectivity index (χ2v) is 8.08. The van der Waals surface area contributed by atoms with Crippen LogP contribution in [0.25, 0.3) is 0 Å². The molecule has 3 heterocycles. The largest absolute Gasteiger partial charge is 0.348 e. The molecule has 0 radical (unpaired) electrons. The van der Waals surface area contributed by atoms with Crippen LogP contribution in [0.15, 0.2) is 40.6 Å². The number of aryl methyl sites for hydroxylation is 1. The topological polar surface area (TPSA) is 101 Å². The first-order chi connectivity index (χ1) is 14.0. The molecule has 0 atom stereocenters. The first kappa shape index (κ1) is 20.8. The van der Waals surface area contributed by atoms with Crippen molar-refractivity contribution in [2.75, 3.05) is 19.6 Å². The zero-order valence-corrected chi connectivity index (χ0v) is 17.0. The summed E-state index contributed by atoms with van der Waals surface area (Å²) < 4.78 is 1.39. The fourth-order valence-corrected chi connectivity index (χ4v) is 3.89. The minimum atomic E-state index is -0.647. The first-order valence-corrected chi connectivity index (χ1v) is 10.4. The summed E-state index contributed by atoms with van der Waals surface area (Å²) in [6, 6.07) is 7.01. The minimum Gasteiger partial charge on any atom is -0.348 e. The van der Waals surface area contributed by atoms with Gasteiger partial charge in [-0.15, -0.1) is 11.3 Å². The number of carbonyl (C=O) groups is 3. The van der Waals surface area contributed by atoms with E-state index in [0.717, 1.165) is 4.88 Å². The smallest absolute Gasteiger partial charge is 0.309 e. The number of nitrogens with zero attached hydrogens (tertiary/aromatic N) is 2. The number of likely N-dealkylation sites (tertiary alicyclic amines) is 1. The van der Waals surface area contributed by atoms with Crippen molar-refractivity contribution in [2.45, 2.75) is 19.4 Å². The monoisotopic (exact) mass is 416 g/mol. The van der Waals surface area contributed by atoms with Crippen molar-refractivity contribution in [3.8, 4) is 0 Å². The summed E-state index contributed by atoms with van der Waals surface area (Å²) >= 11 is 1.52. The fraction of sp³-hybridized carbons (Fsp3) is 0.400. The van der Waals surface area contributed by atoms with E-state index in [2.05, 4.69) is 10.6 Å². The van der Waals surface area contributed by atoms with Crippen molar-refractivity contribution in [1.29, 1.82) is 0 Å². The minimum absolute atomic E-state index is 0.171. The molecule has 1 saturated heterocycles. The average Bonchev–Trinajstić information content (AvgIpc) is 3.26. The van der Waals surface area contributed by atoms with E-state index in [1.807, 2.05) is 17.5 Å². The van der Waals surface area contributed by atoms with Gasteiger partial charge in [0.15, 0.2) is 0 Å². The van der Waals surface area contributed by atoms with E-state index in [1.54, 1.807) is 30.3 Å².